The highest BCUT2D eigenvalue weighted by Crippen LogP contribution is 2.25. The fraction of sp³-hybridized carbons (Fsp3) is 0.400. The number of nitrogens with zero attached hydrogens (tertiary/aromatic N) is 2. The Morgan fingerprint density at radius 3 is 2.83 bits per heavy atom. The molecule has 0 bridgehead atoms. The molecule has 9 heteroatoms. The van der Waals surface area contributed by atoms with E-state index in [0.29, 0.717) is 35.5 Å². The van der Waals surface area contributed by atoms with Crippen molar-refractivity contribution in [2.45, 2.75) is 24.2 Å². The third kappa shape index (κ3) is 5.49. The highest BCUT2D eigenvalue weighted by Gasteiger charge is 2.29. The van der Waals surface area contributed by atoms with E-state index in [4.69, 9.17) is 9.15 Å². The summed E-state index contributed by atoms with van der Waals surface area (Å²) in [6, 6.07) is 13.8. The lowest BCUT2D eigenvalue weighted by molar-refractivity contribution is 0.126. The number of hydrogen-bond donors (Lipinski definition) is 1. The standard InChI is InChI=1S/C20H22N2O5S2/c23-17(11-26-18-6-5-15-3-1-2-4-16(15)10-18)12-28-20-22-21-19(27-20)9-14-7-8-29(24,25)13-14/h1-6,10,14,17,23H,7-9,11-13H2. The van der Waals surface area contributed by atoms with Crippen molar-refractivity contribution in [1.82, 2.24) is 10.2 Å². The van der Waals surface area contributed by atoms with Crippen LogP contribution in [-0.4, -0.2) is 53.7 Å². The molecule has 1 aromatic heterocycles. The fourth-order valence-corrected chi connectivity index (χ4v) is 5.87. The zero-order valence-corrected chi connectivity index (χ0v) is 17.4. The number of rotatable bonds is 8. The highest BCUT2D eigenvalue weighted by atomic mass is 32.2. The first-order chi connectivity index (χ1) is 14.0. The second-order valence-electron chi connectivity index (χ2n) is 7.22. The van der Waals surface area contributed by atoms with Crippen LogP contribution in [0.2, 0.25) is 0 Å². The Morgan fingerprint density at radius 2 is 2.03 bits per heavy atom. The first kappa shape index (κ1) is 20.2. The number of sulfone groups is 1. The summed E-state index contributed by atoms with van der Waals surface area (Å²) in [6.45, 7) is 0.159. The Hall–Kier alpha value is -2.10. The van der Waals surface area contributed by atoms with Crippen LogP contribution in [-0.2, 0) is 16.3 Å². The van der Waals surface area contributed by atoms with Gasteiger partial charge in [-0.2, -0.15) is 0 Å². The van der Waals surface area contributed by atoms with Crippen LogP contribution in [0.1, 0.15) is 12.3 Å². The van der Waals surface area contributed by atoms with E-state index in [2.05, 4.69) is 10.2 Å². The van der Waals surface area contributed by atoms with Gasteiger partial charge >= 0.3 is 0 Å². The maximum absolute atomic E-state index is 11.5. The predicted molar refractivity (Wildman–Crippen MR) is 111 cm³/mol. The molecule has 7 nitrogen and oxygen atoms in total. The molecular weight excluding hydrogens is 412 g/mol. The van der Waals surface area contributed by atoms with Crippen molar-refractivity contribution in [3.8, 4) is 5.75 Å². The Bertz CT molecular complexity index is 1080. The second kappa shape index (κ2) is 8.73. The van der Waals surface area contributed by atoms with Crippen LogP contribution in [0.3, 0.4) is 0 Å². The molecule has 4 rings (SSSR count). The van der Waals surface area contributed by atoms with Crippen LogP contribution in [0, 0.1) is 5.92 Å². The molecule has 1 saturated heterocycles. The third-order valence-electron chi connectivity index (χ3n) is 4.80. The Labute approximate surface area is 173 Å². The lowest BCUT2D eigenvalue weighted by atomic mass is 10.1. The minimum atomic E-state index is -2.91. The summed E-state index contributed by atoms with van der Waals surface area (Å²) in [6.07, 6.45) is 0.417. The molecule has 2 atom stereocenters. The predicted octanol–water partition coefficient (Wildman–Crippen LogP) is 2.73. The Balaban J connectivity index is 1.23. The van der Waals surface area contributed by atoms with Crippen molar-refractivity contribution in [2.24, 2.45) is 5.92 Å². The van der Waals surface area contributed by atoms with E-state index < -0.39 is 15.9 Å². The molecule has 1 aliphatic heterocycles. The first-order valence-electron chi connectivity index (χ1n) is 9.42. The third-order valence-corrected chi connectivity index (χ3v) is 7.60. The molecule has 2 heterocycles. The summed E-state index contributed by atoms with van der Waals surface area (Å²) in [7, 11) is -2.91. The van der Waals surface area contributed by atoms with Crippen molar-refractivity contribution in [3.63, 3.8) is 0 Å². The molecule has 3 aromatic rings. The monoisotopic (exact) mass is 434 g/mol. The van der Waals surface area contributed by atoms with E-state index in [0.717, 1.165) is 10.8 Å². The molecule has 0 saturated carbocycles. The Morgan fingerprint density at radius 1 is 1.21 bits per heavy atom. The van der Waals surface area contributed by atoms with Crippen molar-refractivity contribution in [3.05, 3.63) is 48.4 Å². The zero-order valence-electron chi connectivity index (χ0n) is 15.7. The number of hydrogen-bond acceptors (Lipinski definition) is 8. The molecular formula is C20H22N2O5S2. The van der Waals surface area contributed by atoms with Gasteiger partial charge in [0.25, 0.3) is 5.22 Å². The minimum Gasteiger partial charge on any atom is -0.491 e. The van der Waals surface area contributed by atoms with Crippen molar-refractivity contribution < 1.29 is 22.7 Å². The van der Waals surface area contributed by atoms with Crippen LogP contribution in [0.15, 0.2) is 52.1 Å². The van der Waals surface area contributed by atoms with Gasteiger partial charge in [0.1, 0.15) is 12.4 Å². The summed E-state index contributed by atoms with van der Waals surface area (Å²) in [5.41, 5.74) is 0. The van der Waals surface area contributed by atoms with Gasteiger partial charge in [0, 0.05) is 12.2 Å². The van der Waals surface area contributed by atoms with Gasteiger partial charge in [-0.25, -0.2) is 8.42 Å². The minimum absolute atomic E-state index is 0.0410. The number of aromatic nitrogens is 2. The number of ether oxygens (including phenoxy) is 1. The summed E-state index contributed by atoms with van der Waals surface area (Å²) in [5, 5.41) is 20.7. The van der Waals surface area contributed by atoms with Gasteiger partial charge in [0.15, 0.2) is 9.84 Å². The topological polar surface area (TPSA) is 103 Å². The summed E-state index contributed by atoms with van der Waals surface area (Å²) in [5.74, 6) is 1.96. The largest absolute Gasteiger partial charge is 0.491 e. The van der Waals surface area contributed by atoms with Crippen molar-refractivity contribution >= 4 is 32.4 Å². The molecule has 2 aromatic carbocycles. The van der Waals surface area contributed by atoms with Gasteiger partial charge in [-0.15, -0.1) is 10.2 Å². The molecule has 0 spiro atoms. The van der Waals surface area contributed by atoms with Gasteiger partial charge in [0.2, 0.25) is 5.89 Å². The molecule has 0 radical (unpaired) electrons. The summed E-state index contributed by atoms with van der Waals surface area (Å²) in [4.78, 5) is 0. The number of aliphatic hydroxyl groups excluding tert-OH is 1. The first-order valence-corrected chi connectivity index (χ1v) is 12.2. The molecule has 1 N–H and O–H groups in total. The van der Waals surface area contributed by atoms with Gasteiger partial charge in [-0.1, -0.05) is 42.1 Å². The van der Waals surface area contributed by atoms with Gasteiger partial charge in [0.05, 0.1) is 17.6 Å². The molecule has 0 aliphatic carbocycles. The second-order valence-corrected chi connectivity index (χ2v) is 10.4. The van der Waals surface area contributed by atoms with Crippen LogP contribution < -0.4 is 4.74 Å². The van der Waals surface area contributed by atoms with Crippen LogP contribution in [0.4, 0.5) is 0 Å². The average Bonchev–Trinajstić information content (AvgIpc) is 3.30. The normalized spacial score (nSPS) is 19.4. The summed E-state index contributed by atoms with van der Waals surface area (Å²) >= 11 is 1.26. The summed E-state index contributed by atoms with van der Waals surface area (Å²) < 4.78 is 34.3. The van der Waals surface area contributed by atoms with Crippen molar-refractivity contribution in [1.29, 1.82) is 0 Å². The smallest absolute Gasteiger partial charge is 0.276 e. The van der Waals surface area contributed by atoms with E-state index in [1.165, 1.54) is 11.8 Å². The number of thioether (sulfide) groups is 1. The molecule has 0 amide bonds. The molecule has 1 aliphatic rings. The molecule has 1 fully saturated rings. The molecule has 29 heavy (non-hydrogen) atoms. The van der Waals surface area contributed by atoms with E-state index in [1.807, 2.05) is 42.5 Å². The number of benzene rings is 2. The lowest BCUT2D eigenvalue weighted by Gasteiger charge is -2.11. The quantitative estimate of drug-likeness (QED) is 0.540. The lowest BCUT2D eigenvalue weighted by Crippen LogP contribution is -2.20. The van der Waals surface area contributed by atoms with Crippen LogP contribution in [0.5, 0.6) is 5.75 Å². The van der Waals surface area contributed by atoms with Gasteiger partial charge in [-0.3, -0.25) is 0 Å². The van der Waals surface area contributed by atoms with Crippen molar-refractivity contribution in [2.75, 3.05) is 23.9 Å². The van der Waals surface area contributed by atoms with Gasteiger partial charge in [-0.05, 0) is 35.2 Å². The highest BCUT2D eigenvalue weighted by molar-refractivity contribution is 7.99. The van der Waals surface area contributed by atoms with Crippen LogP contribution in [0.25, 0.3) is 10.8 Å². The van der Waals surface area contributed by atoms with E-state index in [9.17, 15) is 13.5 Å². The van der Waals surface area contributed by atoms with E-state index in [-0.39, 0.29) is 24.0 Å². The molecule has 154 valence electrons. The Kier molecular flexibility index (Phi) is 6.07. The van der Waals surface area contributed by atoms with Gasteiger partial charge < -0.3 is 14.3 Å². The van der Waals surface area contributed by atoms with Crippen LogP contribution >= 0.6 is 11.8 Å². The van der Waals surface area contributed by atoms with E-state index >= 15 is 0 Å². The average molecular weight is 435 g/mol. The SMILES string of the molecule is O=S1(=O)CCC(Cc2nnc(SCC(O)COc3ccc4ccccc4c3)o2)C1. The zero-order chi connectivity index (χ0) is 20.3. The maximum atomic E-state index is 11.5. The number of aliphatic hydroxyl groups is 1. The van der Waals surface area contributed by atoms with E-state index in [1.54, 1.807) is 0 Å². The number of fused-ring (bicyclic) bond motifs is 1. The fourth-order valence-electron chi connectivity index (χ4n) is 3.32. The maximum Gasteiger partial charge on any atom is 0.276 e. The molecule has 2 unspecified atom stereocenters.